The van der Waals surface area contributed by atoms with Gasteiger partial charge in [-0.1, -0.05) is 91.7 Å². The van der Waals surface area contributed by atoms with Gasteiger partial charge in [0.1, 0.15) is 0 Å². The summed E-state index contributed by atoms with van der Waals surface area (Å²) < 4.78 is 0. The van der Waals surface area contributed by atoms with Gasteiger partial charge in [-0.3, -0.25) is 0 Å². The van der Waals surface area contributed by atoms with Crippen LogP contribution in [0.2, 0.25) is 0 Å². The van der Waals surface area contributed by atoms with Crippen molar-refractivity contribution in [3.8, 4) is 11.1 Å². The van der Waals surface area contributed by atoms with E-state index < -0.39 is 0 Å². The van der Waals surface area contributed by atoms with Gasteiger partial charge in [-0.15, -0.1) is 0 Å². The lowest BCUT2D eigenvalue weighted by Crippen LogP contribution is -1.89. The molecule has 0 fully saturated rings. The summed E-state index contributed by atoms with van der Waals surface area (Å²) in [5.41, 5.74) is 6.84. The molecule has 0 heteroatoms. The molecular weight excluding hydrogens is 312 g/mol. The number of hydrogen-bond donors (Lipinski definition) is 0. The normalized spacial score (nSPS) is 13.2. The van der Waals surface area contributed by atoms with E-state index in [0.29, 0.717) is 0 Å². The summed E-state index contributed by atoms with van der Waals surface area (Å²) in [7, 11) is 0. The van der Waals surface area contributed by atoms with Crippen LogP contribution < -0.4 is 0 Å². The average Bonchev–Trinajstić information content (AvgIpc) is 3.10. The second-order valence-corrected chi connectivity index (χ2v) is 7.11. The molecule has 0 bridgehead atoms. The summed E-state index contributed by atoms with van der Waals surface area (Å²) in [6, 6.07) is 26.6. The summed E-state index contributed by atoms with van der Waals surface area (Å²) in [6.07, 6.45) is 7.07. The summed E-state index contributed by atoms with van der Waals surface area (Å²) in [4.78, 5) is 0. The molecule has 0 saturated carbocycles. The molecule has 0 nitrogen and oxygen atoms in total. The van der Waals surface area contributed by atoms with Crippen molar-refractivity contribution in [1.29, 1.82) is 0 Å². The highest BCUT2D eigenvalue weighted by molar-refractivity contribution is 6.14. The Kier molecular flexibility index (Phi) is 3.64. The highest BCUT2D eigenvalue weighted by atomic mass is 14.2. The summed E-state index contributed by atoms with van der Waals surface area (Å²) in [6.45, 7) is 2.25. The van der Waals surface area contributed by atoms with Gasteiger partial charge in [-0.25, -0.2) is 0 Å². The van der Waals surface area contributed by atoms with Crippen molar-refractivity contribution < 1.29 is 0 Å². The Bertz CT molecular complexity index is 1160. The molecular formula is C26H21. The Morgan fingerprint density at radius 2 is 1.46 bits per heavy atom. The molecule has 0 atom stereocenters. The number of benzene rings is 4. The van der Waals surface area contributed by atoms with Crippen molar-refractivity contribution >= 4 is 27.6 Å². The fourth-order valence-corrected chi connectivity index (χ4v) is 4.24. The Morgan fingerprint density at radius 1 is 0.692 bits per heavy atom. The molecule has 26 heavy (non-hydrogen) atoms. The highest BCUT2D eigenvalue weighted by Crippen LogP contribution is 2.41. The first-order valence-corrected chi connectivity index (χ1v) is 9.44. The molecule has 125 valence electrons. The van der Waals surface area contributed by atoms with Crippen LogP contribution in [0.25, 0.3) is 38.7 Å². The SMILES string of the molecule is CCCC1=Cc2c(cccc2-c2cc3ccccc3c3ccccc23)[CH]1. The maximum absolute atomic E-state index is 2.39. The molecule has 0 N–H and O–H groups in total. The quantitative estimate of drug-likeness (QED) is 0.342. The van der Waals surface area contributed by atoms with Crippen molar-refractivity contribution in [2.45, 2.75) is 19.8 Å². The van der Waals surface area contributed by atoms with Crippen LogP contribution in [-0.2, 0) is 0 Å². The van der Waals surface area contributed by atoms with E-state index >= 15 is 0 Å². The van der Waals surface area contributed by atoms with Crippen LogP contribution >= 0.6 is 0 Å². The zero-order valence-electron chi connectivity index (χ0n) is 15.0. The zero-order chi connectivity index (χ0) is 17.5. The van der Waals surface area contributed by atoms with Crippen LogP contribution in [0.3, 0.4) is 0 Å². The predicted octanol–water partition coefficient (Wildman–Crippen LogP) is 7.41. The lowest BCUT2D eigenvalue weighted by molar-refractivity contribution is 0.924. The molecule has 4 aromatic carbocycles. The van der Waals surface area contributed by atoms with E-state index in [1.165, 1.54) is 55.8 Å². The molecule has 1 radical (unpaired) electrons. The first kappa shape index (κ1) is 15.4. The van der Waals surface area contributed by atoms with Gasteiger partial charge >= 0.3 is 0 Å². The Balaban J connectivity index is 1.82. The largest absolute Gasteiger partial charge is 0.0651 e. The summed E-state index contributed by atoms with van der Waals surface area (Å²) in [5.74, 6) is 0. The van der Waals surface area contributed by atoms with E-state index in [9.17, 15) is 0 Å². The standard InChI is InChI=1S/C26H21/c1-2-8-18-15-19-10-7-14-24(25(19)16-18)26-17-20-9-3-4-11-21(20)22-12-5-6-13-23(22)26/h3-7,9-17H,2,8H2,1H3. The molecule has 5 rings (SSSR count). The predicted molar refractivity (Wildman–Crippen MR) is 113 cm³/mol. The molecule has 0 aromatic heterocycles. The van der Waals surface area contributed by atoms with Crippen molar-refractivity contribution in [3.05, 3.63) is 95.9 Å². The number of hydrogen-bond acceptors (Lipinski definition) is 0. The number of allylic oxidation sites excluding steroid dienone is 1. The van der Waals surface area contributed by atoms with Gasteiger partial charge in [0, 0.05) is 6.42 Å². The minimum absolute atomic E-state index is 1.15. The average molecular weight is 333 g/mol. The van der Waals surface area contributed by atoms with E-state index in [1.807, 2.05) is 0 Å². The van der Waals surface area contributed by atoms with Crippen molar-refractivity contribution in [1.82, 2.24) is 0 Å². The van der Waals surface area contributed by atoms with Gasteiger partial charge in [-0.2, -0.15) is 0 Å². The summed E-state index contributed by atoms with van der Waals surface area (Å²) >= 11 is 0. The molecule has 1 aliphatic carbocycles. The third-order valence-corrected chi connectivity index (χ3v) is 5.41. The van der Waals surface area contributed by atoms with Crippen LogP contribution in [0.4, 0.5) is 0 Å². The van der Waals surface area contributed by atoms with Crippen molar-refractivity contribution in [2.75, 3.05) is 0 Å². The van der Waals surface area contributed by atoms with Crippen LogP contribution in [0, 0.1) is 6.42 Å². The molecule has 0 amide bonds. The van der Waals surface area contributed by atoms with Gasteiger partial charge in [0.2, 0.25) is 0 Å². The van der Waals surface area contributed by atoms with E-state index in [2.05, 4.69) is 92.2 Å². The van der Waals surface area contributed by atoms with Gasteiger partial charge < -0.3 is 0 Å². The van der Waals surface area contributed by atoms with E-state index in [-0.39, 0.29) is 0 Å². The van der Waals surface area contributed by atoms with Gasteiger partial charge in [0.05, 0.1) is 0 Å². The lowest BCUT2D eigenvalue weighted by atomic mass is 9.90. The van der Waals surface area contributed by atoms with Crippen LogP contribution in [0.15, 0.2) is 78.4 Å². The fourth-order valence-electron chi connectivity index (χ4n) is 4.24. The van der Waals surface area contributed by atoms with Gasteiger partial charge in [0.15, 0.2) is 0 Å². The molecule has 0 saturated heterocycles. The second kappa shape index (κ2) is 6.14. The monoisotopic (exact) mass is 333 g/mol. The van der Waals surface area contributed by atoms with Crippen LogP contribution in [-0.4, -0.2) is 0 Å². The second-order valence-electron chi connectivity index (χ2n) is 7.11. The highest BCUT2D eigenvalue weighted by Gasteiger charge is 2.18. The van der Waals surface area contributed by atoms with Crippen molar-refractivity contribution in [2.24, 2.45) is 0 Å². The fraction of sp³-hybridized carbons (Fsp3) is 0.115. The Labute approximate surface area is 154 Å². The van der Waals surface area contributed by atoms with E-state index in [1.54, 1.807) is 0 Å². The minimum atomic E-state index is 1.15. The third kappa shape index (κ3) is 2.37. The summed E-state index contributed by atoms with van der Waals surface area (Å²) in [5, 5.41) is 5.29. The zero-order valence-corrected chi connectivity index (χ0v) is 15.0. The maximum Gasteiger partial charge on any atom is 0.0164 e. The molecule has 0 spiro atoms. The molecule has 4 aromatic rings. The molecule has 0 unspecified atom stereocenters. The van der Waals surface area contributed by atoms with Crippen molar-refractivity contribution in [3.63, 3.8) is 0 Å². The number of fused-ring (bicyclic) bond motifs is 4. The molecule has 1 aliphatic rings. The van der Waals surface area contributed by atoms with E-state index in [0.717, 1.165) is 6.42 Å². The van der Waals surface area contributed by atoms with Crippen LogP contribution in [0.5, 0.6) is 0 Å². The lowest BCUT2D eigenvalue weighted by Gasteiger charge is -2.13. The Hall–Kier alpha value is -2.86. The Morgan fingerprint density at radius 3 is 2.31 bits per heavy atom. The van der Waals surface area contributed by atoms with Crippen LogP contribution in [0.1, 0.15) is 30.9 Å². The first-order chi connectivity index (χ1) is 12.8. The van der Waals surface area contributed by atoms with Gasteiger partial charge in [-0.05, 0) is 56.3 Å². The third-order valence-electron chi connectivity index (χ3n) is 5.41. The smallest absolute Gasteiger partial charge is 0.0164 e. The topological polar surface area (TPSA) is 0 Å². The minimum Gasteiger partial charge on any atom is -0.0651 e. The van der Waals surface area contributed by atoms with Gasteiger partial charge in [0.25, 0.3) is 0 Å². The van der Waals surface area contributed by atoms with E-state index in [4.69, 9.17) is 0 Å². The molecule has 0 heterocycles. The number of rotatable bonds is 3. The maximum atomic E-state index is 2.39. The first-order valence-electron chi connectivity index (χ1n) is 9.44. The molecule has 0 aliphatic heterocycles.